The molecule has 0 aliphatic carbocycles. The van der Waals surface area contributed by atoms with E-state index >= 15 is 0 Å². The molecule has 0 fully saturated rings. The standard InChI is InChI=1S/C19H18F3N5O3S2/c1-3-30-16(29)13-10(2)14(11-7-5-4-6-8-11)32-15(13)24-12(28)9-31-18-26-25-17(27(18)23)19(20,21)22/h4-8H,3,9,23H2,1-2H3,(H,24,28). The van der Waals surface area contributed by atoms with E-state index in [0.29, 0.717) is 17.3 Å². The molecular weight excluding hydrogens is 467 g/mol. The van der Waals surface area contributed by atoms with Gasteiger partial charge in [0.2, 0.25) is 11.1 Å². The van der Waals surface area contributed by atoms with Crippen molar-refractivity contribution in [2.75, 3.05) is 23.5 Å². The molecule has 1 aromatic carbocycles. The third-order valence-corrected chi connectivity index (χ3v) is 6.37. The largest absolute Gasteiger partial charge is 0.462 e. The number of nitrogens with two attached hydrogens (primary N) is 1. The number of rotatable bonds is 7. The third-order valence-electron chi connectivity index (χ3n) is 4.17. The molecule has 8 nitrogen and oxygen atoms in total. The molecule has 2 aromatic heterocycles. The van der Waals surface area contributed by atoms with Crippen molar-refractivity contribution >= 4 is 40.0 Å². The van der Waals surface area contributed by atoms with Crippen LogP contribution in [-0.2, 0) is 15.7 Å². The Bertz CT molecular complexity index is 1130. The van der Waals surface area contributed by atoms with Crippen molar-refractivity contribution in [2.24, 2.45) is 0 Å². The number of hydrogen-bond donors (Lipinski definition) is 2. The molecule has 0 aliphatic rings. The summed E-state index contributed by atoms with van der Waals surface area (Å²) in [6, 6.07) is 9.32. The fourth-order valence-corrected chi connectivity index (χ4v) is 4.65. The minimum Gasteiger partial charge on any atom is -0.462 e. The highest BCUT2D eigenvalue weighted by Crippen LogP contribution is 2.40. The maximum atomic E-state index is 12.8. The molecule has 3 aromatic rings. The van der Waals surface area contributed by atoms with Gasteiger partial charge >= 0.3 is 12.1 Å². The second-order valence-electron chi connectivity index (χ2n) is 6.36. The van der Waals surface area contributed by atoms with Crippen LogP contribution in [0.1, 0.15) is 28.7 Å². The van der Waals surface area contributed by atoms with Crippen LogP contribution >= 0.6 is 23.1 Å². The highest BCUT2D eigenvalue weighted by atomic mass is 32.2. The number of halogens is 3. The molecule has 170 valence electrons. The van der Waals surface area contributed by atoms with Gasteiger partial charge in [-0.25, -0.2) is 9.47 Å². The van der Waals surface area contributed by atoms with E-state index < -0.39 is 23.9 Å². The minimum absolute atomic E-state index is 0.158. The van der Waals surface area contributed by atoms with E-state index in [9.17, 15) is 22.8 Å². The van der Waals surface area contributed by atoms with Crippen LogP contribution in [0.2, 0.25) is 0 Å². The van der Waals surface area contributed by atoms with E-state index in [-0.39, 0.29) is 32.8 Å². The number of carbonyl (C=O) groups is 2. The first-order chi connectivity index (χ1) is 15.1. The predicted molar refractivity (Wildman–Crippen MR) is 115 cm³/mol. The van der Waals surface area contributed by atoms with E-state index in [4.69, 9.17) is 10.6 Å². The topological polar surface area (TPSA) is 112 Å². The van der Waals surface area contributed by atoms with Gasteiger partial charge in [-0.15, -0.1) is 21.5 Å². The van der Waals surface area contributed by atoms with Crippen LogP contribution in [0.15, 0.2) is 35.5 Å². The van der Waals surface area contributed by atoms with Crippen molar-refractivity contribution in [3.05, 3.63) is 47.3 Å². The van der Waals surface area contributed by atoms with Gasteiger partial charge in [-0.2, -0.15) is 13.2 Å². The Morgan fingerprint density at radius 1 is 1.25 bits per heavy atom. The average molecular weight is 486 g/mol. The quantitative estimate of drug-likeness (QED) is 0.296. The number of thiophene rings is 1. The number of esters is 1. The summed E-state index contributed by atoms with van der Waals surface area (Å²) in [6.45, 7) is 3.58. The Labute approximate surface area is 188 Å². The molecule has 0 spiro atoms. The molecule has 0 saturated heterocycles. The lowest BCUT2D eigenvalue weighted by molar-refractivity contribution is -0.146. The first kappa shape index (κ1) is 23.6. The summed E-state index contributed by atoms with van der Waals surface area (Å²) < 4.78 is 43.7. The van der Waals surface area contributed by atoms with Crippen molar-refractivity contribution < 1.29 is 27.5 Å². The zero-order valence-corrected chi connectivity index (χ0v) is 18.5. The summed E-state index contributed by atoms with van der Waals surface area (Å²) >= 11 is 1.89. The summed E-state index contributed by atoms with van der Waals surface area (Å²) in [5.74, 6) is 2.57. The second-order valence-corrected chi connectivity index (χ2v) is 8.32. The molecule has 0 bridgehead atoms. The Hall–Kier alpha value is -3.06. The predicted octanol–water partition coefficient (Wildman–Crippen LogP) is 3.96. The fraction of sp³-hybridized carbons (Fsp3) is 0.263. The zero-order valence-electron chi connectivity index (χ0n) is 16.9. The Morgan fingerprint density at radius 2 is 1.94 bits per heavy atom. The highest BCUT2D eigenvalue weighted by Gasteiger charge is 2.38. The minimum atomic E-state index is -4.76. The van der Waals surface area contributed by atoms with Crippen LogP contribution in [0.3, 0.4) is 0 Å². The normalized spacial score (nSPS) is 11.4. The van der Waals surface area contributed by atoms with Crippen LogP contribution in [0.25, 0.3) is 10.4 Å². The maximum absolute atomic E-state index is 12.8. The fourth-order valence-electron chi connectivity index (χ4n) is 2.78. The number of alkyl halides is 3. The van der Waals surface area contributed by atoms with Crippen molar-refractivity contribution in [1.29, 1.82) is 0 Å². The summed E-state index contributed by atoms with van der Waals surface area (Å²) in [7, 11) is 0. The van der Waals surface area contributed by atoms with Crippen LogP contribution in [-0.4, -0.2) is 39.1 Å². The number of hydrogen-bond acceptors (Lipinski definition) is 8. The summed E-state index contributed by atoms with van der Waals surface area (Å²) in [4.78, 5) is 25.8. The van der Waals surface area contributed by atoms with Crippen LogP contribution < -0.4 is 11.2 Å². The number of nitrogens with zero attached hydrogens (tertiary/aromatic N) is 3. The van der Waals surface area contributed by atoms with Gasteiger partial charge in [0, 0.05) is 4.88 Å². The molecule has 32 heavy (non-hydrogen) atoms. The molecule has 0 aliphatic heterocycles. The SMILES string of the molecule is CCOC(=O)c1c(NC(=O)CSc2nnc(C(F)(F)F)n2N)sc(-c2ccccc2)c1C. The van der Waals surface area contributed by atoms with Gasteiger partial charge in [-0.05, 0) is 25.0 Å². The number of nitrogen functional groups attached to an aromatic ring is 1. The first-order valence-corrected chi connectivity index (χ1v) is 11.0. The lowest BCUT2D eigenvalue weighted by Crippen LogP contribution is -2.22. The molecule has 13 heteroatoms. The summed E-state index contributed by atoms with van der Waals surface area (Å²) in [5, 5.41) is 9.04. The molecule has 2 heterocycles. The number of amides is 1. The molecule has 0 unspecified atom stereocenters. The first-order valence-electron chi connectivity index (χ1n) is 9.19. The van der Waals surface area contributed by atoms with E-state index in [0.717, 1.165) is 10.4 Å². The molecule has 1 amide bonds. The van der Waals surface area contributed by atoms with Gasteiger partial charge in [0.05, 0.1) is 17.9 Å². The number of thioether (sulfide) groups is 1. The van der Waals surface area contributed by atoms with E-state index in [1.807, 2.05) is 30.3 Å². The van der Waals surface area contributed by atoms with Crippen LogP contribution in [0.5, 0.6) is 0 Å². The number of ether oxygens (including phenoxy) is 1. The average Bonchev–Trinajstić information content (AvgIpc) is 3.26. The molecule has 0 saturated carbocycles. The summed E-state index contributed by atoms with van der Waals surface area (Å²) in [5.41, 5.74) is 1.75. The Morgan fingerprint density at radius 3 is 2.53 bits per heavy atom. The Balaban J connectivity index is 1.81. The number of aromatic nitrogens is 3. The number of nitrogens with one attached hydrogen (secondary N) is 1. The second kappa shape index (κ2) is 9.61. The van der Waals surface area contributed by atoms with Crippen molar-refractivity contribution in [3.8, 4) is 10.4 Å². The van der Waals surface area contributed by atoms with Gasteiger partial charge in [0.25, 0.3) is 5.82 Å². The van der Waals surface area contributed by atoms with E-state index in [1.165, 1.54) is 11.3 Å². The molecule has 0 atom stereocenters. The number of anilines is 1. The van der Waals surface area contributed by atoms with Crippen molar-refractivity contribution in [3.63, 3.8) is 0 Å². The Kier molecular flexibility index (Phi) is 7.09. The molecular formula is C19H18F3N5O3S2. The zero-order chi connectivity index (χ0) is 23.5. The summed E-state index contributed by atoms with van der Waals surface area (Å²) in [6.07, 6.45) is -4.76. The highest BCUT2D eigenvalue weighted by molar-refractivity contribution is 7.99. The van der Waals surface area contributed by atoms with Gasteiger partial charge in [-0.3, -0.25) is 4.79 Å². The monoisotopic (exact) mass is 485 g/mol. The van der Waals surface area contributed by atoms with Crippen molar-refractivity contribution in [1.82, 2.24) is 14.9 Å². The van der Waals surface area contributed by atoms with E-state index in [1.54, 1.807) is 13.8 Å². The lowest BCUT2D eigenvalue weighted by atomic mass is 10.1. The molecule has 3 N–H and O–H groups in total. The smallest absolute Gasteiger partial charge is 0.453 e. The van der Waals surface area contributed by atoms with Crippen LogP contribution in [0.4, 0.5) is 18.2 Å². The van der Waals surface area contributed by atoms with Crippen molar-refractivity contribution in [2.45, 2.75) is 25.2 Å². The number of carbonyl (C=O) groups excluding carboxylic acids is 2. The molecule has 0 radical (unpaired) electrons. The molecule has 3 rings (SSSR count). The third kappa shape index (κ3) is 5.05. The van der Waals surface area contributed by atoms with Gasteiger partial charge in [-0.1, -0.05) is 42.1 Å². The van der Waals surface area contributed by atoms with Gasteiger partial charge < -0.3 is 15.9 Å². The lowest BCUT2D eigenvalue weighted by Gasteiger charge is -2.07. The van der Waals surface area contributed by atoms with Gasteiger partial charge in [0.1, 0.15) is 5.00 Å². The number of benzene rings is 1. The van der Waals surface area contributed by atoms with E-state index in [2.05, 4.69) is 15.5 Å². The maximum Gasteiger partial charge on any atom is 0.453 e. The van der Waals surface area contributed by atoms with Crippen LogP contribution in [0, 0.1) is 6.92 Å². The van der Waals surface area contributed by atoms with Gasteiger partial charge in [0.15, 0.2) is 0 Å².